The Bertz CT molecular complexity index is 369. The number of halogens is 2. The highest BCUT2D eigenvalue weighted by atomic mass is 35.5. The molecule has 0 bridgehead atoms. The van der Waals surface area contributed by atoms with Gasteiger partial charge in [-0.25, -0.2) is 4.39 Å². The molecule has 2 unspecified atom stereocenters. The molecule has 2 nitrogen and oxygen atoms in total. The van der Waals surface area contributed by atoms with E-state index in [0.717, 1.165) is 6.42 Å². The smallest absolute Gasteiger partial charge is 0.183 e. The monoisotopic (exact) mass is 215 g/mol. The molecular formula is C10H11ClFNO. The molecule has 0 saturated heterocycles. The summed E-state index contributed by atoms with van der Waals surface area (Å²) in [6.07, 6.45) is 0.616. The zero-order valence-corrected chi connectivity index (χ0v) is 8.51. The van der Waals surface area contributed by atoms with Crippen LogP contribution in [-0.4, -0.2) is 6.10 Å². The van der Waals surface area contributed by atoms with Crippen LogP contribution in [0, 0.1) is 5.82 Å². The average molecular weight is 216 g/mol. The third-order valence-corrected chi connectivity index (χ3v) is 2.80. The molecule has 2 rings (SSSR count). The minimum atomic E-state index is -0.504. The molecule has 1 aromatic rings. The summed E-state index contributed by atoms with van der Waals surface area (Å²) in [5.74, 6) is -0.285. The van der Waals surface area contributed by atoms with Crippen LogP contribution in [0.5, 0.6) is 5.75 Å². The number of rotatable bonds is 1. The average Bonchev–Trinajstić information content (AvgIpc) is 2.50. The predicted molar refractivity (Wildman–Crippen MR) is 53.0 cm³/mol. The van der Waals surface area contributed by atoms with Crippen molar-refractivity contribution in [3.63, 3.8) is 0 Å². The first-order valence-electron chi connectivity index (χ1n) is 4.55. The number of hydrogen-bond donors (Lipinski definition) is 1. The number of hydrogen-bond acceptors (Lipinski definition) is 2. The maximum absolute atomic E-state index is 13.5. The second-order valence-corrected chi connectivity index (χ2v) is 3.78. The topological polar surface area (TPSA) is 35.2 Å². The van der Waals surface area contributed by atoms with Crippen molar-refractivity contribution in [2.45, 2.75) is 25.5 Å². The third kappa shape index (κ3) is 1.28. The van der Waals surface area contributed by atoms with Gasteiger partial charge in [-0.15, -0.1) is 0 Å². The summed E-state index contributed by atoms with van der Waals surface area (Å²) in [7, 11) is 0. The lowest BCUT2D eigenvalue weighted by Crippen LogP contribution is -2.24. The summed E-state index contributed by atoms with van der Waals surface area (Å²) in [4.78, 5) is 0. The molecule has 76 valence electrons. The van der Waals surface area contributed by atoms with Crippen LogP contribution in [0.1, 0.15) is 24.9 Å². The van der Waals surface area contributed by atoms with Gasteiger partial charge in [0.1, 0.15) is 6.10 Å². The van der Waals surface area contributed by atoms with Crippen LogP contribution >= 0.6 is 11.6 Å². The minimum Gasteiger partial charge on any atom is -0.485 e. The minimum absolute atomic E-state index is 0.0766. The van der Waals surface area contributed by atoms with E-state index in [-0.39, 0.29) is 22.9 Å². The lowest BCUT2D eigenvalue weighted by Gasteiger charge is -2.11. The molecule has 1 aliphatic rings. The van der Waals surface area contributed by atoms with Crippen LogP contribution in [-0.2, 0) is 0 Å². The molecule has 2 N–H and O–H groups in total. The van der Waals surface area contributed by atoms with E-state index < -0.39 is 5.82 Å². The van der Waals surface area contributed by atoms with Gasteiger partial charge in [-0.1, -0.05) is 24.6 Å². The van der Waals surface area contributed by atoms with Crippen molar-refractivity contribution in [3.8, 4) is 5.75 Å². The highest BCUT2D eigenvalue weighted by Crippen LogP contribution is 2.40. The number of fused-ring (bicyclic) bond motifs is 1. The molecule has 1 aromatic carbocycles. The van der Waals surface area contributed by atoms with Gasteiger partial charge in [-0.2, -0.15) is 0 Å². The summed E-state index contributed by atoms with van der Waals surface area (Å²) >= 11 is 5.64. The van der Waals surface area contributed by atoms with Gasteiger partial charge in [-0.3, -0.25) is 0 Å². The van der Waals surface area contributed by atoms with Gasteiger partial charge in [0.2, 0.25) is 0 Å². The van der Waals surface area contributed by atoms with Crippen molar-refractivity contribution >= 4 is 11.6 Å². The van der Waals surface area contributed by atoms with E-state index in [1.165, 1.54) is 6.07 Å². The second-order valence-electron chi connectivity index (χ2n) is 3.37. The van der Waals surface area contributed by atoms with Gasteiger partial charge in [0.05, 0.1) is 11.1 Å². The van der Waals surface area contributed by atoms with Gasteiger partial charge in [0.25, 0.3) is 0 Å². The second kappa shape index (κ2) is 3.41. The predicted octanol–water partition coefficient (Wildman–Crippen LogP) is 2.65. The Kier molecular flexibility index (Phi) is 2.37. The van der Waals surface area contributed by atoms with E-state index in [4.69, 9.17) is 22.1 Å². The van der Waals surface area contributed by atoms with Crippen LogP contribution < -0.4 is 10.5 Å². The standard InChI is InChI=1S/C10H11ClFNO/c1-2-7-9(13)5-3-4-6(11)8(12)10(5)14-7/h3-4,7,9H,2,13H2,1H3. The van der Waals surface area contributed by atoms with Gasteiger partial charge >= 0.3 is 0 Å². The fraction of sp³-hybridized carbons (Fsp3) is 0.400. The summed E-state index contributed by atoms with van der Waals surface area (Å²) < 4.78 is 18.9. The molecule has 0 spiro atoms. The van der Waals surface area contributed by atoms with Crippen molar-refractivity contribution in [2.75, 3.05) is 0 Å². The van der Waals surface area contributed by atoms with Gasteiger partial charge in [-0.05, 0) is 12.5 Å². The fourth-order valence-corrected chi connectivity index (χ4v) is 1.84. The highest BCUT2D eigenvalue weighted by molar-refractivity contribution is 6.30. The van der Waals surface area contributed by atoms with E-state index in [0.29, 0.717) is 5.56 Å². The largest absolute Gasteiger partial charge is 0.485 e. The molecule has 0 amide bonds. The first-order chi connectivity index (χ1) is 6.65. The summed E-state index contributed by atoms with van der Waals surface area (Å²) in [6.45, 7) is 1.95. The number of ether oxygens (including phenoxy) is 1. The first-order valence-corrected chi connectivity index (χ1v) is 4.93. The molecule has 1 heterocycles. The first kappa shape index (κ1) is 9.74. The van der Waals surface area contributed by atoms with Crippen molar-refractivity contribution in [1.82, 2.24) is 0 Å². The van der Waals surface area contributed by atoms with Crippen LogP contribution in [0.15, 0.2) is 12.1 Å². The van der Waals surface area contributed by atoms with Gasteiger partial charge in [0, 0.05) is 5.56 Å². The molecule has 0 saturated carbocycles. The summed E-state index contributed by atoms with van der Waals surface area (Å²) in [6, 6.07) is 2.99. The van der Waals surface area contributed by atoms with E-state index >= 15 is 0 Å². The fourth-order valence-electron chi connectivity index (χ4n) is 1.69. The Balaban J connectivity index is 2.48. The van der Waals surface area contributed by atoms with Crippen LogP contribution in [0.3, 0.4) is 0 Å². The number of nitrogens with two attached hydrogens (primary N) is 1. The van der Waals surface area contributed by atoms with E-state index in [1.54, 1.807) is 6.07 Å². The summed E-state index contributed by atoms with van der Waals surface area (Å²) in [5.41, 5.74) is 6.59. The quantitative estimate of drug-likeness (QED) is 0.782. The third-order valence-electron chi connectivity index (χ3n) is 2.51. The van der Waals surface area contributed by atoms with Crippen LogP contribution in [0.2, 0.25) is 5.02 Å². The Hall–Kier alpha value is -0.800. The van der Waals surface area contributed by atoms with Gasteiger partial charge < -0.3 is 10.5 Å². The van der Waals surface area contributed by atoms with Crippen molar-refractivity contribution in [2.24, 2.45) is 5.73 Å². The maximum Gasteiger partial charge on any atom is 0.183 e. The molecule has 0 aromatic heterocycles. The van der Waals surface area contributed by atoms with Crippen LogP contribution in [0.25, 0.3) is 0 Å². The highest BCUT2D eigenvalue weighted by Gasteiger charge is 2.33. The normalized spacial score (nSPS) is 24.6. The Morgan fingerprint density at radius 2 is 2.29 bits per heavy atom. The Morgan fingerprint density at radius 1 is 1.57 bits per heavy atom. The number of benzene rings is 1. The molecule has 0 radical (unpaired) electrons. The van der Waals surface area contributed by atoms with Crippen LogP contribution in [0.4, 0.5) is 4.39 Å². The maximum atomic E-state index is 13.5. The Morgan fingerprint density at radius 3 is 2.93 bits per heavy atom. The van der Waals surface area contributed by atoms with Crippen molar-refractivity contribution in [1.29, 1.82) is 0 Å². The van der Waals surface area contributed by atoms with E-state index in [1.807, 2.05) is 6.92 Å². The molecule has 14 heavy (non-hydrogen) atoms. The summed E-state index contributed by atoms with van der Waals surface area (Å²) in [5, 5.41) is 0.0766. The van der Waals surface area contributed by atoms with Crippen molar-refractivity contribution in [3.05, 3.63) is 28.5 Å². The zero-order valence-electron chi connectivity index (χ0n) is 7.76. The molecule has 4 heteroatoms. The molecule has 2 atom stereocenters. The molecule has 0 aliphatic carbocycles. The molecule has 0 fully saturated rings. The van der Waals surface area contributed by atoms with E-state index in [2.05, 4.69) is 0 Å². The lowest BCUT2D eigenvalue weighted by atomic mass is 10.0. The molecular weight excluding hydrogens is 205 g/mol. The lowest BCUT2D eigenvalue weighted by molar-refractivity contribution is 0.196. The Labute approximate surface area is 86.8 Å². The van der Waals surface area contributed by atoms with E-state index in [9.17, 15) is 4.39 Å². The SMILES string of the molecule is CCC1Oc2c(ccc(Cl)c2F)C1N. The zero-order chi connectivity index (χ0) is 10.3. The van der Waals surface area contributed by atoms with Gasteiger partial charge in [0.15, 0.2) is 11.6 Å². The molecule has 1 aliphatic heterocycles. The van der Waals surface area contributed by atoms with Crippen molar-refractivity contribution < 1.29 is 9.13 Å².